The van der Waals surface area contributed by atoms with Crippen LogP contribution < -0.4 is 15.0 Å². The topological polar surface area (TPSA) is 88.3 Å². The van der Waals surface area contributed by atoms with Crippen molar-refractivity contribution in [3.63, 3.8) is 0 Å². The summed E-state index contributed by atoms with van der Waals surface area (Å²) in [7, 11) is -2.55. The third-order valence-electron chi connectivity index (χ3n) is 2.72. The van der Waals surface area contributed by atoms with Gasteiger partial charge in [0, 0.05) is 10.7 Å². The lowest BCUT2D eigenvalue weighted by Gasteiger charge is -2.12. The molecule has 0 aliphatic carbocycles. The second-order valence-electron chi connectivity index (χ2n) is 4.32. The highest BCUT2D eigenvalue weighted by atomic mass is 79.9. The van der Waals surface area contributed by atoms with Gasteiger partial charge in [-0.3, -0.25) is 9.52 Å². The number of aromatic nitrogens is 1. The molecule has 0 fully saturated rings. The number of pyridine rings is 1. The lowest BCUT2D eigenvalue weighted by Crippen LogP contribution is -2.20. The van der Waals surface area contributed by atoms with Gasteiger partial charge in [-0.1, -0.05) is 6.07 Å². The maximum atomic E-state index is 12.4. The number of ether oxygens (including phenoxy) is 1. The SMILES string of the molecule is COc1ccc(C)cc1S(=O)(=O)Nc1cc(Br)c[nH]c1=O. The maximum Gasteiger partial charge on any atom is 0.272 e. The Balaban J connectivity index is 2.50. The number of anilines is 1. The van der Waals surface area contributed by atoms with E-state index in [9.17, 15) is 13.2 Å². The molecule has 2 N–H and O–H groups in total. The molecule has 8 heteroatoms. The summed E-state index contributed by atoms with van der Waals surface area (Å²) < 4.78 is 32.8. The molecule has 0 saturated heterocycles. The number of hydrogen-bond donors (Lipinski definition) is 2. The van der Waals surface area contributed by atoms with Crippen LogP contribution in [0.2, 0.25) is 0 Å². The number of methoxy groups -OCH3 is 1. The summed E-state index contributed by atoms with van der Waals surface area (Å²) in [6.07, 6.45) is 1.42. The van der Waals surface area contributed by atoms with Crippen LogP contribution in [-0.4, -0.2) is 20.5 Å². The van der Waals surface area contributed by atoms with Crippen molar-refractivity contribution in [3.05, 3.63) is 50.9 Å². The number of aryl methyl sites for hydroxylation is 1. The predicted octanol–water partition coefficient (Wildman–Crippen LogP) is 2.26. The summed E-state index contributed by atoms with van der Waals surface area (Å²) in [6.45, 7) is 1.77. The molecule has 0 radical (unpaired) electrons. The Hall–Kier alpha value is -1.80. The number of sulfonamides is 1. The minimum absolute atomic E-state index is 0.0237. The number of aromatic amines is 1. The summed E-state index contributed by atoms with van der Waals surface area (Å²) in [5.41, 5.74) is 0.153. The van der Waals surface area contributed by atoms with Crippen LogP contribution >= 0.6 is 15.9 Å². The molecule has 1 aromatic heterocycles. The van der Waals surface area contributed by atoms with E-state index in [4.69, 9.17) is 4.74 Å². The van der Waals surface area contributed by atoms with Crippen molar-refractivity contribution in [3.8, 4) is 5.75 Å². The molecule has 6 nitrogen and oxygen atoms in total. The normalized spacial score (nSPS) is 11.2. The van der Waals surface area contributed by atoms with Crippen LogP contribution in [0.1, 0.15) is 5.56 Å². The fourth-order valence-electron chi connectivity index (χ4n) is 1.73. The lowest BCUT2D eigenvalue weighted by molar-refractivity contribution is 0.402. The fourth-order valence-corrected chi connectivity index (χ4v) is 3.38. The van der Waals surface area contributed by atoms with Crippen LogP contribution in [0.25, 0.3) is 0 Å². The molecule has 1 aromatic carbocycles. The number of rotatable bonds is 4. The highest BCUT2D eigenvalue weighted by Gasteiger charge is 2.21. The summed E-state index contributed by atoms with van der Waals surface area (Å²) >= 11 is 3.17. The highest BCUT2D eigenvalue weighted by molar-refractivity contribution is 9.10. The minimum Gasteiger partial charge on any atom is -0.495 e. The van der Waals surface area contributed by atoms with Gasteiger partial charge in [0.15, 0.2) is 0 Å². The predicted molar refractivity (Wildman–Crippen MR) is 83.3 cm³/mol. The molecule has 0 bridgehead atoms. The van der Waals surface area contributed by atoms with Crippen molar-refractivity contribution in [1.29, 1.82) is 0 Å². The first-order valence-corrected chi connectivity index (χ1v) is 8.17. The molecule has 0 aliphatic heterocycles. The first-order valence-electron chi connectivity index (χ1n) is 5.89. The Morgan fingerprint density at radius 2 is 2.00 bits per heavy atom. The van der Waals surface area contributed by atoms with Gasteiger partial charge in [0.25, 0.3) is 15.6 Å². The van der Waals surface area contributed by atoms with Gasteiger partial charge in [-0.2, -0.15) is 0 Å². The molecular weight excluding hydrogens is 360 g/mol. The van der Waals surface area contributed by atoms with Crippen LogP contribution in [0.4, 0.5) is 5.69 Å². The van der Waals surface area contributed by atoms with Crippen molar-refractivity contribution in [1.82, 2.24) is 4.98 Å². The Morgan fingerprint density at radius 1 is 1.29 bits per heavy atom. The second kappa shape index (κ2) is 5.90. The van der Waals surface area contributed by atoms with Gasteiger partial charge < -0.3 is 9.72 Å². The molecule has 0 atom stereocenters. The van der Waals surface area contributed by atoms with E-state index >= 15 is 0 Å². The molecule has 0 spiro atoms. The minimum atomic E-state index is -3.93. The van der Waals surface area contributed by atoms with Crippen LogP contribution in [0.3, 0.4) is 0 Å². The lowest BCUT2D eigenvalue weighted by atomic mass is 10.2. The van der Waals surface area contributed by atoms with Gasteiger partial charge in [0.2, 0.25) is 0 Å². The van der Waals surface area contributed by atoms with Gasteiger partial charge in [-0.05, 0) is 46.6 Å². The van der Waals surface area contributed by atoms with Gasteiger partial charge in [-0.25, -0.2) is 8.42 Å². The van der Waals surface area contributed by atoms with Crippen molar-refractivity contribution >= 4 is 31.6 Å². The average molecular weight is 373 g/mol. The van der Waals surface area contributed by atoms with Crippen LogP contribution in [0.15, 0.2) is 44.6 Å². The molecular formula is C13H13BrN2O4S. The molecule has 21 heavy (non-hydrogen) atoms. The zero-order valence-electron chi connectivity index (χ0n) is 11.3. The number of H-pyrrole nitrogens is 1. The van der Waals surface area contributed by atoms with Gasteiger partial charge >= 0.3 is 0 Å². The number of halogens is 1. The third kappa shape index (κ3) is 3.45. The highest BCUT2D eigenvalue weighted by Crippen LogP contribution is 2.26. The van der Waals surface area contributed by atoms with Crippen molar-refractivity contribution < 1.29 is 13.2 Å². The number of nitrogens with one attached hydrogen (secondary N) is 2. The van der Waals surface area contributed by atoms with E-state index in [0.717, 1.165) is 5.56 Å². The second-order valence-corrected chi connectivity index (χ2v) is 6.89. The molecule has 0 amide bonds. The van der Waals surface area contributed by atoms with Crippen molar-refractivity contribution in [2.75, 3.05) is 11.8 Å². The Bertz CT molecular complexity index is 830. The zero-order valence-corrected chi connectivity index (χ0v) is 13.7. The molecule has 1 heterocycles. The number of hydrogen-bond acceptors (Lipinski definition) is 4. The molecule has 2 rings (SSSR count). The van der Waals surface area contributed by atoms with Crippen molar-refractivity contribution in [2.45, 2.75) is 11.8 Å². The van der Waals surface area contributed by atoms with E-state index < -0.39 is 15.6 Å². The summed E-state index contributed by atoms with van der Waals surface area (Å²) in [6, 6.07) is 6.17. The third-order valence-corrected chi connectivity index (χ3v) is 4.57. The van der Waals surface area contributed by atoms with Crippen molar-refractivity contribution in [2.24, 2.45) is 0 Å². The van der Waals surface area contributed by atoms with Crippen LogP contribution in [0.5, 0.6) is 5.75 Å². The van der Waals surface area contributed by atoms with Gasteiger partial charge in [0.05, 0.1) is 7.11 Å². The maximum absolute atomic E-state index is 12.4. The largest absolute Gasteiger partial charge is 0.495 e. The quantitative estimate of drug-likeness (QED) is 0.861. The van der Waals surface area contributed by atoms with E-state index in [-0.39, 0.29) is 16.3 Å². The van der Waals surface area contributed by atoms with E-state index in [1.807, 2.05) is 0 Å². The first kappa shape index (κ1) is 15.6. The van der Waals surface area contributed by atoms with E-state index in [2.05, 4.69) is 25.6 Å². The van der Waals surface area contributed by atoms with Gasteiger partial charge in [-0.15, -0.1) is 0 Å². The monoisotopic (exact) mass is 372 g/mol. The fraction of sp³-hybridized carbons (Fsp3) is 0.154. The Labute approximate surface area is 130 Å². The molecule has 2 aromatic rings. The van der Waals surface area contributed by atoms with E-state index in [0.29, 0.717) is 4.47 Å². The molecule has 0 saturated carbocycles. The van der Waals surface area contributed by atoms with Crippen LogP contribution in [0, 0.1) is 6.92 Å². The first-order chi connectivity index (χ1) is 9.83. The Morgan fingerprint density at radius 3 is 2.67 bits per heavy atom. The summed E-state index contributed by atoms with van der Waals surface area (Å²) in [5.74, 6) is 0.208. The van der Waals surface area contributed by atoms with Crippen LogP contribution in [-0.2, 0) is 10.0 Å². The standard InChI is InChI=1S/C13H13BrN2O4S/c1-8-3-4-11(20-2)12(5-8)21(18,19)16-10-6-9(14)7-15-13(10)17/h3-7,16H,1-2H3,(H,15,17). The average Bonchev–Trinajstić information content (AvgIpc) is 2.42. The van der Waals surface area contributed by atoms with E-state index in [1.54, 1.807) is 19.1 Å². The molecule has 112 valence electrons. The Kier molecular flexibility index (Phi) is 4.38. The zero-order chi connectivity index (χ0) is 15.6. The molecule has 0 unspecified atom stereocenters. The smallest absolute Gasteiger partial charge is 0.272 e. The molecule has 0 aliphatic rings. The summed E-state index contributed by atoms with van der Waals surface area (Å²) in [4.78, 5) is 14.1. The summed E-state index contributed by atoms with van der Waals surface area (Å²) in [5, 5.41) is 0. The van der Waals surface area contributed by atoms with E-state index in [1.165, 1.54) is 25.4 Å². The number of benzene rings is 1. The van der Waals surface area contributed by atoms with Gasteiger partial charge in [0.1, 0.15) is 16.3 Å².